The van der Waals surface area contributed by atoms with Gasteiger partial charge in [-0.25, -0.2) is 0 Å². The van der Waals surface area contributed by atoms with Crippen molar-refractivity contribution < 1.29 is 25.2 Å². The van der Waals surface area contributed by atoms with E-state index >= 15 is 0 Å². The lowest BCUT2D eigenvalue weighted by molar-refractivity contribution is -0.169. The van der Waals surface area contributed by atoms with Gasteiger partial charge in [0, 0.05) is 0 Å². The monoisotopic (exact) mass is 163 g/mol. The van der Waals surface area contributed by atoms with Gasteiger partial charge in [0.25, 0.3) is 0 Å². The number of hydrogen-bond acceptors (Lipinski definition) is 5. The number of aliphatic hydroxyl groups is 4. The molecule has 1 radical (unpaired) electrons. The standard InChI is InChI=1S/C6H11O5/c7-1-4-6(10)5(9)3(8)2-11-4/h2-10H,1H2/t3-,4-,5+,6+/m0/s1. The summed E-state index contributed by atoms with van der Waals surface area (Å²) in [6.07, 6.45) is -4.54. The molecule has 0 aliphatic carbocycles. The Morgan fingerprint density at radius 1 is 1.18 bits per heavy atom. The largest absolute Gasteiger partial charge is 0.394 e. The smallest absolute Gasteiger partial charge is 0.115 e. The molecule has 1 aliphatic rings. The molecule has 65 valence electrons. The van der Waals surface area contributed by atoms with Crippen LogP contribution in [0.1, 0.15) is 0 Å². The molecule has 0 amide bonds. The maximum atomic E-state index is 9.09. The van der Waals surface area contributed by atoms with Crippen molar-refractivity contribution in [2.45, 2.75) is 24.4 Å². The quantitative estimate of drug-likeness (QED) is 0.346. The van der Waals surface area contributed by atoms with Gasteiger partial charge in [0.15, 0.2) is 0 Å². The molecule has 0 spiro atoms. The number of aliphatic hydroxyl groups excluding tert-OH is 4. The van der Waals surface area contributed by atoms with Crippen LogP contribution in [-0.2, 0) is 4.74 Å². The summed E-state index contributed by atoms with van der Waals surface area (Å²) in [5, 5.41) is 35.6. The van der Waals surface area contributed by atoms with E-state index in [1.54, 1.807) is 0 Å². The van der Waals surface area contributed by atoms with Crippen LogP contribution in [-0.4, -0.2) is 51.4 Å². The maximum Gasteiger partial charge on any atom is 0.115 e. The van der Waals surface area contributed by atoms with Crippen molar-refractivity contribution in [3.63, 3.8) is 0 Å². The fraction of sp³-hybridized carbons (Fsp3) is 0.833. The predicted octanol–water partition coefficient (Wildman–Crippen LogP) is -2.38. The van der Waals surface area contributed by atoms with E-state index in [9.17, 15) is 0 Å². The Bertz CT molecular complexity index is 126. The van der Waals surface area contributed by atoms with Crippen LogP contribution < -0.4 is 0 Å². The molecule has 0 bridgehead atoms. The lowest BCUT2D eigenvalue weighted by Gasteiger charge is -2.33. The molecule has 4 N–H and O–H groups in total. The Morgan fingerprint density at radius 2 is 1.82 bits per heavy atom. The average molecular weight is 163 g/mol. The van der Waals surface area contributed by atoms with Crippen LogP contribution in [0, 0.1) is 6.61 Å². The fourth-order valence-corrected chi connectivity index (χ4v) is 0.915. The summed E-state index contributed by atoms with van der Waals surface area (Å²) in [5.74, 6) is 0. The fourth-order valence-electron chi connectivity index (χ4n) is 0.915. The minimum atomic E-state index is -1.28. The third-order valence-electron chi connectivity index (χ3n) is 1.65. The second-order valence-electron chi connectivity index (χ2n) is 2.46. The first-order valence-corrected chi connectivity index (χ1v) is 3.30. The SMILES string of the molecule is OC[C@@H]1O[CH][C@H](O)[C@@H](O)[C@@H]1O. The van der Waals surface area contributed by atoms with E-state index in [0.717, 1.165) is 6.61 Å². The van der Waals surface area contributed by atoms with Crippen molar-refractivity contribution >= 4 is 0 Å². The Kier molecular flexibility index (Phi) is 2.80. The molecule has 5 heteroatoms. The molecular weight excluding hydrogens is 152 g/mol. The topological polar surface area (TPSA) is 90.2 Å². The van der Waals surface area contributed by atoms with Crippen LogP contribution >= 0.6 is 0 Å². The van der Waals surface area contributed by atoms with E-state index < -0.39 is 24.4 Å². The van der Waals surface area contributed by atoms with Crippen LogP contribution in [0.25, 0.3) is 0 Å². The minimum Gasteiger partial charge on any atom is -0.394 e. The van der Waals surface area contributed by atoms with Gasteiger partial charge in [-0.2, -0.15) is 0 Å². The van der Waals surface area contributed by atoms with Crippen molar-refractivity contribution in [2.75, 3.05) is 6.61 Å². The van der Waals surface area contributed by atoms with E-state index in [0.29, 0.717) is 0 Å². The minimum absolute atomic E-state index is 0.387. The van der Waals surface area contributed by atoms with Gasteiger partial charge in [-0.15, -0.1) is 0 Å². The van der Waals surface area contributed by atoms with Crippen LogP contribution in [0.3, 0.4) is 0 Å². The van der Waals surface area contributed by atoms with Gasteiger partial charge >= 0.3 is 0 Å². The molecule has 1 rings (SSSR count). The third-order valence-corrected chi connectivity index (χ3v) is 1.65. The van der Waals surface area contributed by atoms with Gasteiger partial charge in [0.05, 0.1) is 6.61 Å². The first-order valence-electron chi connectivity index (χ1n) is 3.30. The highest BCUT2D eigenvalue weighted by molar-refractivity contribution is 4.91. The molecule has 0 aromatic rings. The zero-order chi connectivity index (χ0) is 8.43. The summed E-state index contributed by atoms with van der Waals surface area (Å²) in [6.45, 7) is 0.611. The summed E-state index contributed by atoms with van der Waals surface area (Å²) < 4.78 is 4.69. The van der Waals surface area contributed by atoms with Crippen LogP contribution in [0.4, 0.5) is 0 Å². The molecule has 1 fully saturated rings. The van der Waals surface area contributed by atoms with Crippen molar-refractivity contribution in [3.8, 4) is 0 Å². The highest BCUT2D eigenvalue weighted by Gasteiger charge is 2.37. The molecule has 0 aromatic carbocycles. The molecule has 5 nitrogen and oxygen atoms in total. The van der Waals surface area contributed by atoms with Crippen LogP contribution in [0.5, 0.6) is 0 Å². The zero-order valence-corrected chi connectivity index (χ0v) is 5.79. The van der Waals surface area contributed by atoms with Gasteiger partial charge in [-0.3, -0.25) is 0 Å². The Hall–Kier alpha value is -0.200. The third kappa shape index (κ3) is 1.69. The second-order valence-corrected chi connectivity index (χ2v) is 2.46. The molecule has 1 saturated heterocycles. The molecule has 4 atom stereocenters. The van der Waals surface area contributed by atoms with Crippen molar-refractivity contribution in [2.24, 2.45) is 0 Å². The molecule has 11 heavy (non-hydrogen) atoms. The number of ether oxygens (including phenoxy) is 1. The normalized spacial score (nSPS) is 45.8. The molecule has 0 saturated carbocycles. The maximum absolute atomic E-state index is 9.09. The number of rotatable bonds is 1. The molecule has 1 aliphatic heterocycles. The van der Waals surface area contributed by atoms with Gasteiger partial charge < -0.3 is 25.2 Å². The van der Waals surface area contributed by atoms with E-state index in [-0.39, 0.29) is 6.61 Å². The Morgan fingerprint density at radius 3 is 2.36 bits per heavy atom. The predicted molar refractivity (Wildman–Crippen MR) is 34.3 cm³/mol. The Labute approximate surface area is 63.8 Å². The van der Waals surface area contributed by atoms with Crippen molar-refractivity contribution in [3.05, 3.63) is 6.61 Å². The molecule has 1 heterocycles. The summed E-state index contributed by atoms with van der Waals surface area (Å²) in [4.78, 5) is 0. The molecular formula is C6H11O5. The van der Waals surface area contributed by atoms with Gasteiger partial charge in [-0.05, 0) is 0 Å². The van der Waals surface area contributed by atoms with E-state index in [4.69, 9.17) is 20.4 Å². The second kappa shape index (κ2) is 3.46. The Balaban J connectivity index is 2.52. The van der Waals surface area contributed by atoms with Gasteiger partial charge in [0.1, 0.15) is 31.0 Å². The summed E-state index contributed by atoms with van der Waals surface area (Å²) in [5.41, 5.74) is 0. The van der Waals surface area contributed by atoms with E-state index in [1.165, 1.54) is 0 Å². The highest BCUT2D eigenvalue weighted by atomic mass is 16.5. The van der Waals surface area contributed by atoms with Crippen LogP contribution in [0.15, 0.2) is 0 Å². The van der Waals surface area contributed by atoms with Crippen LogP contribution in [0.2, 0.25) is 0 Å². The first-order chi connectivity index (χ1) is 5.16. The van der Waals surface area contributed by atoms with E-state index in [2.05, 4.69) is 4.74 Å². The molecule has 0 aromatic heterocycles. The van der Waals surface area contributed by atoms with Crippen molar-refractivity contribution in [1.29, 1.82) is 0 Å². The summed E-state index contributed by atoms with van der Waals surface area (Å²) >= 11 is 0. The average Bonchev–Trinajstić information content (AvgIpc) is 2.01. The zero-order valence-electron chi connectivity index (χ0n) is 5.79. The molecule has 0 unspecified atom stereocenters. The summed E-state index contributed by atoms with van der Waals surface area (Å²) in [7, 11) is 0. The first kappa shape index (κ1) is 8.89. The highest BCUT2D eigenvalue weighted by Crippen LogP contribution is 2.17. The lowest BCUT2D eigenvalue weighted by Crippen LogP contribution is -2.52. The van der Waals surface area contributed by atoms with Gasteiger partial charge in [0.2, 0.25) is 0 Å². The summed E-state index contributed by atoms with van der Waals surface area (Å²) in [6, 6.07) is 0. The number of hydrogen-bond donors (Lipinski definition) is 4. The van der Waals surface area contributed by atoms with Gasteiger partial charge in [-0.1, -0.05) is 0 Å². The van der Waals surface area contributed by atoms with E-state index in [1.807, 2.05) is 0 Å². The lowest BCUT2D eigenvalue weighted by atomic mass is 10.0. The van der Waals surface area contributed by atoms with Crippen molar-refractivity contribution in [1.82, 2.24) is 0 Å².